The van der Waals surface area contributed by atoms with E-state index in [1.54, 1.807) is 6.26 Å². The minimum atomic E-state index is -0.202. The monoisotopic (exact) mass is 474 g/mol. The minimum absolute atomic E-state index is 0. The van der Waals surface area contributed by atoms with Crippen LogP contribution in [0.25, 0.3) is 0 Å². The molecule has 0 aromatic carbocycles. The van der Waals surface area contributed by atoms with Crippen LogP contribution in [0, 0.1) is 5.92 Å². The average Bonchev–Trinajstić information content (AvgIpc) is 3.27. The Bertz CT molecular complexity index is 570. The quantitative estimate of drug-likeness (QED) is 0.377. The lowest BCUT2D eigenvalue weighted by Gasteiger charge is -2.35. The third-order valence-corrected chi connectivity index (χ3v) is 5.20. The number of rotatable bonds is 6. The second kappa shape index (κ2) is 10.8. The van der Waals surface area contributed by atoms with Gasteiger partial charge in [0.05, 0.1) is 6.26 Å². The predicted molar refractivity (Wildman–Crippen MR) is 114 cm³/mol. The molecule has 1 aromatic heterocycles. The highest BCUT2D eigenvalue weighted by Gasteiger charge is 2.25. The van der Waals surface area contributed by atoms with Gasteiger partial charge in [-0.25, -0.2) is 0 Å². The number of carbonyl (C=O) groups is 1. The van der Waals surface area contributed by atoms with Crippen LogP contribution in [-0.4, -0.2) is 42.4 Å². The number of amides is 1. The average molecular weight is 474 g/mol. The number of halogens is 1. The van der Waals surface area contributed by atoms with Gasteiger partial charge in [-0.1, -0.05) is 12.8 Å². The summed E-state index contributed by atoms with van der Waals surface area (Å²) < 4.78 is 5.40. The molecule has 6 nitrogen and oxygen atoms in total. The number of hydrogen-bond acceptors (Lipinski definition) is 3. The highest BCUT2D eigenvalue weighted by molar-refractivity contribution is 14.0. The van der Waals surface area contributed by atoms with Crippen molar-refractivity contribution < 1.29 is 9.21 Å². The van der Waals surface area contributed by atoms with Gasteiger partial charge in [-0.05, 0) is 43.7 Å². The summed E-state index contributed by atoms with van der Waals surface area (Å²) in [7, 11) is 0. The van der Waals surface area contributed by atoms with Crippen LogP contribution in [0.3, 0.4) is 0 Å². The predicted octanol–water partition coefficient (Wildman–Crippen LogP) is 2.92. The maximum atomic E-state index is 11.3. The van der Waals surface area contributed by atoms with Gasteiger partial charge < -0.3 is 20.4 Å². The smallest absolute Gasteiger partial charge is 0.217 e. The Kier molecular flexibility index (Phi) is 8.74. The molecular weight excluding hydrogens is 443 g/mol. The lowest BCUT2D eigenvalue weighted by atomic mass is 9.95. The molecule has 1 atom stereocenters. The number of furan rings is 1. The lowest BCUT2D eigenvalue weighted by Crippen LogP contribution is -2.49. The fourth-order valence-electron chi connectivity index (χ4n) is 3.93. The van der Waals surface area contributed by atoms with Crippen LogP contribution >= 0.6 is 24.0 Å². The van der Waals surface area contributed by atoms with Crippen LogP contribution < -0.4 is 11.1 Å². The molecule has 146 valence electrons. The van der Waals surface area contributed by atoms with Gasteiger partial charge >= 0.3 is 0 Å². The van der Waals surface area contributed by atoms with Crippen LogP contribution in [-0.2, 0) is 11.2 Å². The third-order valence-electron chi connectivity index (χ3n) is 5.20. The van der Waals surface area contributed by atoms with E-state index >= 15 is 0 Å². The summed E-state index contributed by atoms with van der Waals surface area (Å²) in [6.45, 7) is 2.57. The molecule has 0 bridgehead atoms. The summed E-state index contributed by atoms with van der Waals surface area (Å²) in [5.41, 5.74) is 5.40. The maximum Gasteiger partial charge on any atom is 0.217 e. The number of hydrogen-bond donors (Lipinski definition) is 2. The van der Waals surface area contributed by atoms with Gasteiger partial charge in [0.2, 0.25) is 5.91 Å². The molecule has 1 saturated carbocycles. The number of nitrogens with one attached hydrogen (secondary N) is 1. The second-order valence-electron chi connectivity index (χ2n) is 7.29. The van der Waals surface area contributed by atoms with Gasteiger partial charge in [-0.2, -0.15) is 0 Å². The first-order valence-corrected chi connectivity index (χ1v) is 9.57. The van der Waals surface area contributed by atoms with Gasteiger partial charge in [-0.15, -0.1) is 24.0 Å². The van der Waals surface area contributed by atoms with Crippen molar-refractivity contribution in [2.24, 2.45) is 16.6 Å². The fourth-order valence-corrected chi connectivity index (χ4v) is 3.93. The van der Waals surface area contributed by atoms with E-state index < -0.39 is 0 Å². The zero-order valence-electron chi connectivity index (χ0n) is 15.4. The minimum Gasteiger partial charge on any atom is -0.469 e. The number of primary amides is 1. The Morgan fingerprint density at radius 3 is 2.81 bits per heavy atom. The van der Waals surface area contributed by atoms with Gasteiger partial charge in [0.25, 0.3) is 0 Å². The first-order valence-electron chi connectivity index (χ1n) is 9.57. The summed E-state index contributed by atoms with van der Waals surface area (Å²) in [6, 6.07) is 4.43. The van der Waals surface area contributed by atoms with Crippen molar-refractivity contribution in [3.8, 4) is 0 Å². The Hall–Kier alpha value is -1.25. The van der Waals surface area contributed by atoms with Crippen LogP contribution in [0.15, 0.2) is 27.8 Å². The first kappa shape index (κ1) is 21.1. The molecule has 1 saturated heterocycles. The summed E-state index contributed by atoms with van der Waals surface area (Å²) in [5, 5.41) is 3.67. The number of guanidine groups is 1. The number of carbonyl (C=O) groups excluding carboxylic acids is 1. The Labute approximate surface area is 173 Å². The number of nitrogens with two attached hydrogens (primary N) is 1. The van der Waals surface area contributed by atoms with Gasteiger partial charge in [0, 0.05) is 38.5 Å². The molecule has 2 fully saturated rings. The number of piperidine rings is 1. The fraction of sp³-hybridized carbons (Fsp3) is 0.684. The second-order valence-corrected chi connectivity index (χ2v) is 7.29. The highest BCUT2D eigenvalue weighted by atomic mass is 127. The maximum absolute atomic E-state index is 11.3. The van der Waals surface area contributed by atoms with Crippen molar-refractivity contribution in [1.82, 2.24) is 10.2 Å². The SMILES string of the molecule is I.NC(=O)CC1CCCN(C(=NCCc2ccco2)NC2CCCC2)C1. The molecule has 3 rings (SSSR count). The lowest BCUT2D eigenvalue weighted by molar-refractivity contribution is -0.119. The molecule has 1 aliphatic heterocycles. The van der Waals surface area contributed by atoms with Crippen LogP contribution in [0.4, 0.5) is 0 Å². The number of nitrogens with zero attached hydrogens (tertiary/aromatic N) is 2. The number of aliphatic imine (C=N–C) groups is 1. The topological polar surface area (TPSA) is 83.9 Å². The van der Waals surface area contributed by atoms with E-state index in [0.717, 1.165) is 44.1 Å². The zero-order chi connectivity index (χ0) is 17.5. The zero-order valence-corrected chi connectivity index (χ0v) is 17.7. The van der Waals surface area contributed by atoms with Crippen molar-refractivity contribution in [3.05, 3.63) is 24.2 Å². The highest BCUT2D eigenvalue weighted by Crippen LogP contribution is 2.21. The Morgan fingerprint density at radius 1 is 1.31 bits per heavy atom. The van der Waals surface area contributed by atoms with Crippen molar-refractivity contribution in [1.29, 1.82) is 0 Å². The van der Waals surface area contributed by atoms with Gasteiger partial charge in [0.15, 0.2) is 5.96 Å². The largest absolute Gasteiger partial charge is 0.469 e. The van der Waals surface area contributed by atoms with E-state index in [2.05, 4.69) is 10.2 Å². The molecule has 0 radical (unpaired) electrons. The van der Waals surface area contributed by atoms with Crippen molar-refractivity contribution in [3.63, 3.8) is 0 Å². The summed E-state index contributed by atoms with van der Waals surface area (Å²) >= 11 is 0. The molecule has 1 aromatic rings. The molecular formula is C19H31IN4O2. The van der Waals surface area contributed by atoms with E-state index in [1.165, 1.54) is 25.7 Å². The molecule has 2 heterocycles. The molecule has 2 aliphatic rings. The third kappa shape index (κ3) is 6.48. The molecule has 7 heteroatoms. The van der Waals surface area contributed by atoms with Crippen molar-refractivity contribution in [2.45, 2.75) is 57.4 Å². The molecule has 0 spiro atoms. The number of likely N-dealkylation sites (tertiary alicyclic amines) is 1. The standard InChI is InChI=1S/C19H30N4O2.HI/c20-18(24)13-15-5-3-11-23(14-15)19(22-16-6-1-2-7-16)21-10-9-17-8-4-12-25-17;/h4,8,12,15-16H,1-3,5-7,9-11,13-14H2,(H2,20,24)(H,21,22);1H. The molecule has 1 unspecified atom stereocenters. The van der Waals surface area contributed by atoms with E-state index in [4.69, 9.17) is 15.1 Å². The molecule has 1 amide bonds. The molecule has 26 heavy (non-hydrogen) atoms. The first-order chi connectivity index (χ1) is 12.2. The molecule has 1 aliphatic carbocycles. The van der Waals surface area contributed by atoms with Gasteiger partial charge in [0.1, 0.15) is 5.76 Å². The van der Waals surface area contributed by atoms with Crippen LogP contribution in [0.5, 0.6) is 0 Å². The summed E-state index contributed by atoms with van der Waals surface area (Å²) in [6.07, 6.45) is 10.2. The Balaban J connectivity index is 0.00000243. The normalized spacial score (nSPS) is 21.5. The van der Waals surface area contributed by atoms with E-state index in [9.17, 15) is 4.79 Å². The van der Waals surface area contributed by atoms with Crippen molar-refractivity contribution >= 4 is 35.8 Å². The van der Waals surface area contributed by atoms with Gasteiger partial charge in [-0.3, -0.25) is 9.79 Å². The van der Waals surface area contributed by atoms with E-state index in [0.29, 0.717) is 24.9 Å². The van der Waals surface area contributed by atoms with Crippen LogP contribution in [0.2, 0.25) is 0 Å². The van der Waals surface area contributed by atoms with Crippen molar-refractivity contribution in [2.75, 3.05) is 19.6 Å². The summed E-state index contributed by atoms with van der Waals surface area (Å²) in [4.78, 5) is 18.4. The Morgan fingerprint density at radius 2 is 2.12 bits per heavy atom. The van der Waals surface area contributed by atoms with E-state index in [-0.39, 0.29) is 29.9 Å². The van der Waals surface area contributed by atoms with E-state index in [1.807, 2.05) is 12.1 Å². The van der Waals surface area contributed by atoms with Crippen LogP contribution in [0.1, 0.15) is 50.7 Å². The molecule has 3 N–H and O–H groups in total. The summed E-state index contributed by atoms with van der Waals surface area (Å²) in [5.74, 6) is 2.10.